The van der Waals surface area contributed by atoms with Crippen LogP contribution in [-0.2, 0) is 14.4 Å². The van der Waals surface area contributed by atoms with Crippen LogP contribution in [0.1, 0.15) is 65.7 Å². The van der Waals surface area contributed by atoms with Gasteiger partial charge in [-0.15, -0.1) is 0 Å². The summed E-state index contributed by atoms with van der Waals surface area (Å²) >= 11 is 0. The molecule has 0 aliphatic heterocycles. The second-order valence-electron chi connectivity index (χ2n) is 10.6. The predicted molar refractivity (Wildman–Crippen MR) is 110 cm³/mol. The number of aliphatic hydroxyl groups excluding tert-OH is 1. The van der Waals surface area contributed by atoms with E-state index in [2.05, 4.69) is 19.0 Å². The first-order valence-corrected chi connectivity index (χ1v) is 11.3. The minimum absolute atomic E-state index is 0.000873. The minimum atomic E-state index is -0.363. The summed E-state index contributed by atoms with van der Waals surface area (Å²) in [6.07, 6.45) is 5.80. The molecule has 1 unspecified atom stereocenters. The monoisotopic (exact) mass is 404 g/mol. The van der Waals surface area contributed by atoms with E-state index in [-0.39, 0.29) is 52.9 Å². The van der Waals surface area contributed by atoms with Crippen molar-refractivity contribution < 1.29 is 19.5 Å². The maximum atomic E-state index is 13.6. The first kappa shape index (κ1) is 21.0. The molecule has 162 valence electrons. The molecule has 4 saturated carbocycles. The van der Waals surface area contributed by atoms with Gasteiger partial charge in [0.15, 0.2) is 0 Å². The second-order valence-corrected chi connectivity index (χ2v) is 10.6. The van der Waals surface area contributed by atoms with Crippen LogP contribution in [0.2, 0.25) is 0 Å². The summed E-state index contributed by atoms with van der Waals surface area (Å²) < 4.78 is 0. The smallest absolute Gasteiger partial charge is 0.142 e. The number of oxime groups is 1. The van der Waals surface area contributed by atoms with Crippen molar-refractivity contribution in [2.24, 2.45) is 51.3 Å². The lowest BCUT2D eigenvalue weighted by Gasteiger charge is -2.60. The van der Waals surface area contributed by atoms with E-state index in [4.69, 9.17) is 10.6 Å². The Balaban J connectivity index is 1.62. The van der Waals surface area contributed by atoms with E-state index in [1.807, 2.05) is 6.92 Å². The molecule has 0 spiro atoms. The number of Topliss-reactive ketones (excluding diaryl/α,β-unsaturated/α-hetero) is 2. The molecule has 0 saturated heterocycles. The Morgan fingerprint density at radius 1 is 1.17 bits per heavy atom. The lowest BCUT2D eigenvalue weighted by molar-refractivity contribution is -0.166. The number of carbonyl (C=O) groups excluding carboxylic acids is 2. The van der Waals surface area contributed by atoms with Crippen molar-refractivity contribution in [2.75, 3.05) is 13.2 Å². The van der Waals surface area contributed by atoms with Gasteiger partial charge in [-0.1, -0.05) is 19.0 Å². The Kier molecular flexibility index (Phi) is 5.39. The third kappa shape index (κ3) is 3.18. The Labute approximate surface area is 173 Å². The van der Waals surface area contributed by atoms with Gasteiger partial charge in [0.2, 0.25) is 0 Å². The van der Waals surface area contributed by atoms with E-state index in [1.165, 1.54) is 0 Å². The third-order valence-corrected chi connectivity index (χ3v) is 8.99. The molecule has 3 N–H and O–H groups in total. The first-order valence-electron chi connectivity index (χ1n) is 11.3. The summed E-state index contributed by atoms with van der Waals surface area (Å²) in [5.74, 6) is 0.642. The topological polar surface area (TPSA) is 102 Å². The maximum Gasteiger partial charge on any atom is 0.142 e. The van der Waals surface area contributed by atoms with Crippen molar-refractivity contribution >= 4 is 17.3 Å². The second kappa shape index (κ2) is 7.45. The van der Waals surface area contributed by atoms with Crippen molar-refractivity contribution in [1.29, 1.82) is 0 Å². The van der Waals surface area contributed by atoms with E-state index in [1.54, 1.807) is 0 Å². The molecule has 0 aromatic rings. The largest absolute Gasteiger partial charge is 0.396 e. The van der Waals surface area contributed by atoms with E-state index in [0.29, 0.717) is 31.1 Å². The molecule has 0 radical (unpaired) electrons. The van der Waals surface area contributed by atoms with Crippen LogP contribution in [0, 0.1) is 40.4 Å². The van der Waals surface area contributed by atoms with Gasteiger partial charge in [0.1, 0.15) is 18.2 Å². The Morgan fingerprint density at radius 3 is 2.62 bits per heavy atom. The van der Waals surface area contributed by atoms with E-state index in [0.717, 1.165) is 37.8 Å². The average Bonchev–Trinajstić information content (AvgIpc) is 2.98. The number of nitrogens with zero attached hydrogens (tertiary/aromatic N) is 1. The number of aliphatic hydroxyl groups is 1. The predicted octanol–water partition coefficient (Wildman–Crippen LogP) is 2.72. The van der Waals surface area contributed by atoms with Gasteiger partial charge in [0, 0.05) is 29.7 Å². The highest BCUT2D eigenvalue weighted by molar-refractivity contribution is 5.93. The quantitative estimate of drug-likeness (QED) is 0.702. The zero-order valence-electron chi connectivity index (χ0n) is 18.0. The van der Waals surface area contributed by atoms with E-state index < -0.39 is 0 Å². The fourth-order valence-electron chi connectivity index (χ4n) is 7.29. The number of carbonyl (C=O) groups is 2. The SMILES string of the molecule is C[C@H](N)CON=C1CC[C@@]2(C)C(C1)[C@@H](CO)C(=O)[C@@H]1[C@@H]2CC[C@]2(C)C(=O)CC[C@@H]12. The summed E-state index contributed by atoms with van der Waals surface area (Å²) in [5.41, 5.74) is 6.38. The number of nitrogens with two attached hydrogens (primary N) is 1. The number of fused-ring (bicyclic) bond motifs is 5. The molecule has 4 fully saturated rings. The van der Waals surface area contributed by atoms with E-state index in [9.17, 15) is 14.7 Å². The molecule has 0 aromatic heterocycles. The molecule has 6 heteroatoms. The molecule has 4 aliphatic carbocycles. The van der Waals surface area contributed by atoms with Crippen LogP contribution in [0.5, 0.6) is 0 Å². The van der Waals surface area contributed by atoms with Crippen LogP contribution < -0.4 is 5.73 Å². The number of hydrogen-bond acceptors (Lipinski definition) is 6. The average molecular weight is 405 g/mol. The molecular formula is C23H36N2O4. The van der Waals surface area contributed by atoms with Gasteiger partial charge in [0.25, 0.3) is 0 Å². The molecular weight excluding hydrogens is 368 g/mol. The summed E-state index contributed by atoms with van der Waals surface area (Å²) in [7, 11) is 0. The highest BCUT2D eigenvalue weighted by atomic mass is 16.6. The molecule has 0 amide bonds. The number of rotatable bonds is 4. The van der Waals surface area contributed by atoms with Gasteiger partial charge in [-0.3, -0.25) is 9.59 Å². The molecule has 0 bridgehead atoms. The molecule has 4 aliphatic rings. The van der Waals surface area contributed by atoms with Crippen LogP contribution >= 0.6 is 0 Å². The fraction of sp³-hybridized carbons (Fsp3) is 0.870. The van der Waals surface area contributed by atoms with Gasteiger partial charge in [-0.2, -0.15) is 0 Å². The number of ketones is 2. The highest BCUT2D eigenvalue weighted by Crippen LogP contribution is 2.65. The summed E-state index contributed by atoms with van der Waals surface area (Å²) in [5, 5.41) is 14.5. The summed E-state index contributed by atoms with van der Waals surface area (Å²) in [6.45, 7) is 6.55. The van der Waals surface area contributed by atoms with Gasteiger partial charge < -0.3 is 15.7 Å². The van der Waals surface area contributed by atoms with Gasteiger partial charge in [0.05, 0.1) is 12.3 Å². The van der Waals surface area contributed by atoms with Crippen LogP contribution in [0.25, 0.3) is 0 Å². The van der Waals surface area contributed by atoms with Crippen molar-refractivity contribution in [1.82, 2.24) is 0 Å². The minimum Gasteiger partial charge on any atom is -0.396 e. The van der Waals surface area contributed by atoms with Crippen LogP contribution in [0.15, 0.2) is 5.16 Å². The third-order valence-electron chi connectivity index (χ3n) is 8.99. The van der Waals surface area contributed by atoms with Gasteiger partial charge in [-0.25, -0.2) is 0 Å². The van der Waals surface area contributed by atoms with Crippen LogP contribution in [-0.4, -0.2) is 41.6 Å². The molecule has 29 heavy (non-hydrogen) atoms. The highest BCUT2D eigenvalue weighted by Gasteiger charge is 2.64. The first-order chi connectivity index (χ1) is 13.7. The Bertz CT molecular complexity index is 720. The Morgan fingerprint density at radius 2 is 1.93 bits per heavy atom. The maximum absolute atomic E-state index is 13.6. The zero-order chi connectivity index (χ0) is 21.0. The van der Waals surface area contributed by atoms with Crippen LogP contribution in [0.4, 0.5) is 0 Å². The van der Waals surface area contributed by atoms with Crippen molar-refractivity contribution in [2.45, 2.75) is 71.8 Å². The number of hydrogen-bond donors (Lipinski definition) is 2. The Hall–Kier alpha value is -1.27. The molecule has 4 rings (SSSR count). The molecule has 6 nitrogen and oxygen atoms in total. The molecule has 8 atom stereocenters. The molecule has 0 heterocycles. The lowest BCUT2D eigenvalue weighted by atomic mass is 9.43. The van der Waals surface area contributed by atoms with Crippen molar-refractivity contribution in [3.05, 3.63) is 0 Å². The fourth-order valence-corrected chi connectivity index (χ4v) is 7.29. The molecule has 0 aromatic carbocycles. The van der Waals surface area contributed by atoms with Crippen molar-refractivity contribution in [3.63, 3.8) is 0 Å². The van der Waals surface area contributed by atoms with Crippen molar-refractivity contribution in [3.8, 4) is 0 Å². The normalized spacial score (nSPS) is 46.8. The zero-order valence-corrected chi connectivity index (χ0v) is 18.0. The van der Waals surface area contributed by atoms with Gasteiger partial charge in [-0.05, 0) is 68.6 Å². The lowest BCUT2D eigenvalue weighted by Crippen LogP contribution is -2.61. The van der Waals surface area contributed by atoms with Gasteiger partial charge >= 0.3 is 0 Å². The van der Waals surface area contributed by atoms with Crippen LogP contribution in [0.3, 0.4) is 0 Å². The standard InChI is InChI=1S/C23H36N2O4/c1-13(24)12-29-25-14-6-8-22(2)17-7-9-23(3)16(4-5-19(23)27)20(17)21(28)15(11-26)18(22)10-14/h13,15-18,20,26H,4-12,24H2,1-3H3/t13-,15+,16-,17-,18?,20-,22+,23-/m0/s1. The summed E-state index contributed by atoms with van der Waals surface area (Å²) in [6, 6.07) is -0.0684. The summed E-state index contributed by atoms with van der Waals surface area (Å²) in [4.78, 5) is 31.7. The van der Waals surface area contributed by atoms with E-state index >= 15 is 0 Å².